The molecule has 0 unspecified atom stereocenters. The number of nitrogens with one attached hydrogen (secondary N) is 1. The number of halogens is 3. The molecule has 6 nitrogen and oxygen atoms in total. The molecule has 0 saturated carbocycles. The summed E-state index contributed by atoms with van der Waals surface area (Å²) in [6, 6.07) is 16.6. The number of nitro benzene ring substituents is 1. The first-order valence-electron chi connectivity index (χ1n) is 11.7. The fraction of sp³-hybridized carbons (Fsp3) is 0.296. The zero-order valence-corrected chi connectivity index (χ0v) is 19.6. The van der Waals surface area contributed by atoms with Crippen LogP contribution in [0.15, 0.2) is 66.7 Å². The zero-order chi connectivity index (χ0) is 25.7. The lowest BCUT2D eigenvalue weighted by Gasteiger charge is -2.14. The maximum atomic E-state index is 12.8. The number of carbonyl (C=O) groups is 1. The molecule has 4 rings (SSSR count). The van der Waals surface area contributed by atoms with Gasteiger partial charge in [-0.05, 0) is 72.8 Å². The number of alkyl halides is 3. The number of benzene rings is 3. The number of amides is 1. The fourth-order valence-corrected chi connectivity index (χ4v) is 4.33. The predicted molar refractivity (Wildman–Crippen MR) is 131 cm³/mol. The van der Waals surface area contributed by atoms with Gasteiger partial charge in [0.05, 0.1) is 10.5 Å². The first-order valence-corrected chi connectivity index (χ1v) is 11.7. The van der Waals surface area contributed by atoms with Crippen LogP contribution in [-0.4, -0.2) is 35.4 Å². The molecule has 1 aliphatic heterocycles. The van der Waals surface area contributed by atoms with Gasteiger partial charge in [-0.25, -0.2) is 0 Å². The largest absolute Gasteiger partial charge is 0.416 e. The van der Waals surface area contributed by atoms with Crippen LogP contribution in [0.1, 0.15) is 39.9 Å². The van der Waals surface area contributed by atoms with E-state index in [1.54, 1.807) is 0 Å². The summed E-state index contributed by atoms with van der Waals surface area (Å²) in [5.41, 5.74) is 1.71. The first kappa shape index (κ1) is 25.4. The van der Waals surface area contributed by atoms with Crippen LogP contribution < -0.4 is 5.32 Å². The minimum atomic E-state index is -4.47. The number of likely N-dealkylation sites (tertiary alicyclic amines) is 1. The fourth-order valence-electron chi connectivity index (χ4n) is 4.33. The molecule has 9 heteroatoms. The molecule has 0 radical (unpaired) electrons. The zero-order valence-electron chi connectivity index (χ0n) is 19.6. The van der Waals surface area contributed by atoms with Crippen molar-refractivity contribution in [1.29, 1.82) is 0 Å². The van der Waals surface area contributed by atoms with Crippen LogP contribution in [-0.2, 0) is 19.1 Å². The SMILES string of the molecule is O=C(NCCc1ccc(CN2CCCC2)cc1)c1ccc(-c2ccc(C(F)(F)F)cc2)cc1[N+](=O)[O-]. The number of nitrogens with zero attached hydrogens (tertiary/aromatic N) is 2. The summed E-state index contributed by atoms with van der Waals surface area (Å²) >= 11 is 0. The molecule has 0 bridgehead atoms. The molecule has 1 amide bonds. The van der Waals surface area contributed by atoms with E-state index in [-0.39, 0.29) is 5.56 Å². The minimum Gasteiger partial charge on any atom is -0.351 e. The summed E-state index contributed by atoms with van der Waals surface area (Å²) in [6.45, 7) is 3.50. The molecule has 0 aliphatic carbocycles. The van der Waals surface area contributed by atoms with E-state index in [9.17, 15) is 28.1 Å². The van der Waals surface area contributed by atoms with Crippen molar-refractivity contribution in [3.63, 3.8) is 0 Å². The molecule has 0 spiro atoms. The lowest BCUT2D eigenvalue weighted by molar-refractivity contribution is -0.385. The maximum absolute atomic E-state index is 12.8. The highest BCUT2D eigenvalue weighted by molar-refractivity contribution is 5.99. The highest BCUT2D eigenvalue weighted by Crippen LogP contribution is 2.32. The van der Waals surface area contributed by atoms with Crippen molar-refractivity contribution in [1.82, 2.24) is 10.2 Å². The van der Waals surface area contributed by atoms with E-state index in [4.69, 9.17) is 0 Å². The van der Waals surface area contributed by atoms with E-state index in [2.05, 4.69) is 22.3 Å². The topological polar surface area (TPSA) is 75.5 Å². The van der Waals surface area contributed by atoms with Gasteiger partial charge in [-0.3, -0.25) is 19.8 Å². The molecule has 1 fully saturated rings. The number of hydrogen-bond donors (Lipinski definition) is 1. The van der Waals surface area contributed by atoms with E-state index < -0.39 is 28.3 Å². The van der Waals surface area contributed by atoms with Crippen LogP contribution in [0.2, 0.25) is 0 Å². The highest BCUT2D eigenvalue weighted by Gasteiger charge is 2.30. The van der Waals surface area contributed by atoms with Crippen molar-refractivity contribution in [3.8, 4) is 11.1 Å². The Morgan fingerprint density at radius 1 is 0.917 bits per heavy atom. The molecule has 1 aliphatic rings. The van der Waals surface area contributed by atoms with Crippen LogP contribution in [0.5, 0.6) is 0 Å². The third-order valence-corrected chi connectivity index (χ3v) is 6.31. The molecule has 3 aromatic rings. The Morgan fingerprint density at radius 2 is 1.53 bits per heavy atom. The summed E-state index contributed by atoms with van der Waals surface area (Å²) in [7, 11) is 0. The third-order valence-electron chi connectivity index (χ3n) is 6.31. The summed E-state index contributed by atoms with van der Waals surface area (Å²) in [4.78, 5) is 26.0. The van der Waals surface area contributed by atoms with Crippen molar-refractivity contribution in [2.24, 2.45) is 0 Å². The minimum absolute atomic E-state index is 0.100. The Morgan fingerprint density at radius 3 is 2.14 bits per heavy atom. The van der Waals surface area contributed by atoms with Gasteiger partial charge in [-0.2, -0.15) is 13.2 Å². The van der Waals surface area contributed by atoms with Gasteiger partial charge in [-0.1, -0.05) is 42.5 Å². The van der Waals surface area contributed by atoms with Crippen molar-refractivity contribution in [3.05, 3.63) is 99.1 Å². The standard InChI is InChI=1S/C27H26F3N3O3/c28-27(29,30)23-10-7-21(8-11-23)22-9-12-24(25(17-22)33(35)36)26(34)31-14-13-19-3-5-20(6-4-19)18-32-15-1-2-16-32/h3-12,17H,1-2,13-16,18H2,(H,31,34). The van der Waals surface area contributed by atoms with E-state index in [1.165, 1.54) is 48.7 Å². The smallest absolute Gasteiger partial charge is 0.351 e. The van der Waals surface area contributed by atoms with Gasteiger partial charge in [0.1, 0.15) is 5.56 Å². The third kappa shape index (κ3) is 6.28. The Labute approximate surface area is 206 Å². The first-order chi connectivity index (χ1) is 17.2. The number of nitro groups is 1. The average molecular weight is 498 g/mol. The highest BCUT2D eigenvalue weighted by atomic mass is 19.4. The quantitative estimate of drug-likeness (QED) is 0.313. The predicted octanol–water partition coefficient (Wildman–Crippen LogP) is 5.85. The van der Waals surface area contributed by atoms with Gasteiger partial charge in [0.2, 0.25) is 0 Å². The van der Waals surface area contributed by atoms with Gasteiger partial charge in [-0.15, -0.1) is 0 Å². The van der Waals surface area contributed by atoms with Crippen molar-refractivity contribution in [2.45, 2.75) is 32.0 Å². The molecule has 0 aromatic heterocycles. The summed E-state index contributed by atoms with van der Waals surface area (Å²) < 4.78 is 38.4. The van der Waals surface area contributed by atoms with Gasteiger partial charge in [0.15, 0.2) is 0 Å². The van der Waals surface area contributed by atoms with Crippen LogP contribution in [0, 0.1) is 10.1 Å². The van der Waals surface area contributed by atoms with E-state index in [0.717, 1.165) is 37.3 Å². The van der Waals surface area contributed by atoms with Crippen molar-refractivity contribution >= 4 is 11.6 Å². The van der Waals surface area contributed by atoms with Crippen molar-refractivity contribution in [2.75, 3.05) is 19.6 Å². The molecular weight excluding hydrogens is 471 g/mol. The molecule has 1 N–H and O–H groups in total. The Kier molecular flexibility index (Phi) is 7.69. The molecule has 0 atom stereocenters. The van der Waals surface area contributed by atoms with Crippen LogP contribution in [0.25, 0.3) is 11.1 Å². The summed E-state index contributed by atoms with van der Waals surface area (Å²) in [5, 5.41) is 14.3. The molecular formula is C27H26F3N3O3. The molecule has 188 valence electrons. The number of rotatable bonds is 8. The summed E-state index contributed by atoms with van der Waals surface area (Å²) in [6.07, 6.45) is -1.41. The van der Waals surface area contributed by atoms with Gasteiger partial charge >= 0.3 is 6.18 Å². The van der Waals surface area contributed by atoms with E-state index in [0.29, 0.717) is 24.1 Å². The summed E-state index contributed by atoms with van der Waals surface area (Å²) in [5.74, 6) is -0.577. The monoisotopic (exact) mass is 497 g/mol. The lowest BCUT2D eigenvalue weighted by atomic mass is 10.0. The number of hydrogen-bond acceptors (Lipinski definition) is 4. The van der Waals surface area contributed by atoms with Crippen LogP contribution in [0.3, 0.4) is 0 Å². The Hall–Kier alpha value is -3.72. The number of carbonyl (C=O) groups excluding carboxylic acids is 1. The second kappa shape index (κ2) is 10.9. The van der Waals surface area contributed by atoms with Gasteiger partial charge in [0.25, 0.3) is 11.6 Å². The van der Waals surface area contributed by atoms with Crippen molar-refractivity contribution < 1.29 is 22.9 Å². The molecule has 3 aromatic carbocycles. The Balaban J connectivity index is 1.38. The molecule has 1 saturated heterocycles. The van der Waals surface area contributed by atoms with Gasteiger partial charge < -0.3 is 5.32 Å². The van der Waals surface area contributed by atoms with E-state index >= 15 is 0 Å². The van der Waals surface area contributed by atoms with Crippen LogP contribution >= 0.6 is 0 Å². The average Bonchev–Trinajstić information content (AvgIpc) is 3.37. The molecule has 1 heterocycles. The second-order valence-corrected chi connectivity index (χ2v) is 8.87. The lowest BCUT2D eigenvalue weighted by Crippen LogP contribution is -2.26. The molecule has 36 heavy (non-hydrogen) atoms. The normalized spacial score (nSPS) is 14.1. The Bertz CT molecular complexity index is 1220. The van der Waals surface area contributed by atoms with Gasteiger partial charge in [0, 0.05) is 19.2 Å². The van der Waals surface area contributed by atoms with E-state index in [1.807, 2.05) is 12.1 Å². The van der Waals surface area contributed by atoms with Crippen LogP contribution in [0.4, 0.5) is 18.9 Å². The maximum Gasteiger partial charge on any atom is 0.416 e. The second-order valence-electron chi connectivity index (χ2n) is 8.87.